The Kier molecular flexibility index (Phi) is 3.18. The van der Waals surface area contributed by atoms with Crippen molar-refractivity contribution >= 4 is 16.9 Å². The van der Waals surface area contributed by atoms with Gasteiger partial charge >= 0.3 is 0 Å². The number of hydrazine groups is 1. The SMILES string of the molecule is CN1CCN(NC(=O)c2c[nH]c3ncccc23)CC1. The first-order valence-electron chi connectivity index (χ1n) is 6.40. The maximum atomic E-state index is 12.3. The third-order valence-corrected chi connectivity index (χ3v) is 3.46. The Morgan fingerprint density at radius 2 is 2.16 bits per heavy atom. The van der Waals surface area contributed by atoms with Crippen molar-refractivity contribution in [3.8, 4) is 0 Å². The van der Waals surface area contributed by atoms with E-state index >= 15 is 0 Å². The minimum Gasteiger partial charge on any atom is -0.345 e. The zero-order chi connectivity index (χ0) is 13.2. The largest absolute Gasteiger partial charge is 0.345 e. The van der Waals surface area contributed by atoms with Crippen LogP contribution in [0, 0.1) is 0 Å². The van der Waals surface area contributed by atoms with E-state index in [2.05, 4.69) is 27.3 Å². The normalized spacial score (nSPS) is 17.7. The van der Waals surface area contributed by atoms with Crippen molar-refractivity contribution in [3.05, 3.63) is 30.1 Å². The lowest BCUT2D eigenvalue weighted by molar-refractivity contribution is 0.0664. The van der Waals surface area contributed by atoms with Crippen molar-refractivity contribution in [1.29, 1.82) is 0 Å². The molecule has 1 saturated heterocycles. The summed E-state index contributed by atoms with van der Waals surface area (Å²) in [6, 6.07) is 3.74. The van der Waals surface area contributed by atoms with E-state index in [-0.39, 0.29) is 5.91 Å². The van der Waals surface area contributed by atoms with Gasteiger partial charge < -0.3 is 9.88 Å². The zero-order valence-corrected chi connectivity index (χ0v) is 10.9. The van der Waals surface area contributed by atoms with Gasteiger partial charge in [0.1, 0.15) is 5.65 Å². The van der Waals surface area contributed by atoms with Gasteiger partial charge in [0.05, 0.1) is 5.56 Å². The molecule has 1 aliphatic heterocycles. The maximum Gasteiger partial charge on any atom is 0.267 e. The Hall–Kier alpha value is -1.92. The molecule has 0 bridgehead atoms. The lowest BCUT2D eigenvalue weighted by Gasteiger charge is -2.32. The minimum absolute atomic E-state index is 0.0798. The van der Waals surface area contributed by atoms with Gasteiger partial charge in [-0.2, -0.15) is 0 Å². The second-order valence-corrected chi connectivity index (χ2v) is 4.83. The highest BCUT2D eigenvalue weighted by Gasteiger charge is 2.18. The van der Waals surface area contributed by atoms with Gasteiger partial charge in [-0.25, -0.2) is 9.99 Å². The van der Waals surface area contributed by atoms with E-state index in [4.69, 9.17) is 0 Å². The van der Waals surface area contributed by atoms with Crippen LogP contribution in [0.2, 0.25) is 0 Å². The summed E-state index contributed by atoms with van der Waals surface area (Å²) in [4.78, 5) is 21.7. The summed E-state index contributed by atoms with van der Waals surface area (Å²) in [6.45, 7) is 3.64. The summed E-state index contributed by atoms with van der Waals surface area (Å²) in [5.74, 6) is -0.0798. The Bertz CT molecular complexity index is 585. The van der Waals surface area contributed by atoms with Gasteiger partial charge in [0, 0.05) is 44.0 Å². The fraction of sp³-hybridized carbons (Fsp3) is 0.385. The summed E-state index contributed by atoms with van der Waals surface area (Å²) < 4.78 is 0. The number of likely N-dealkylation sites (N-methyl/N-ethyl adjacent to an activating group) is 1. The van der Waals surface area contributed by atoms with Crippen LogP contribution >= 0.6 is 0 Å². The molecule has 0 aromatic carbocycles. The third kappa shape index (κ3) is 2.45. The predicted octanol–water partition coefficient (Wildman–Crippen LogP) is 0.455. The summed E-state index contributed by atoms with van der Waals surface area (Å²) in [5, 5.41) is 2.83. The van der Waals surface area contributed by atoms with Gasteiger partial charge in [0.15, 0.2) is 0 Å². The molecule has 1 fully saturated rings. The first-order valence-corrected chi connectivity index (χ1v) is 6.40. The molecule has 19 heavy (non-hydrogen) atoms. The van der Waals surface area contributed by atoms with Crippen LogP contribution < -0.4 is 5.43 Å². The lowest BCUT2D eigenvalue weighted by atomic mass is 10.2. The number of amides is 1. The Morgan fingerprint density at radius 1 is 1.37 bits per heavy atom. The molecule has 0 saturated carbocycles. The van der Waals surface area contributed by atoms with Crippen LogP contribution in [0.4, 0.5) is 0 Å². The number of aromatic amines is 1. The van der Waals surface area contributed by atoms with Crippen LogP contribution in [-0.2, 0) is 0 Å². The molecular formula is C13H17N5O. The number of rotatable bonds is 2. The number of H-pyrrole nitrogens is 1. The first kappa shape index (κ1) is 12.1. The molecule has 100 valence electrons. The number of nitrogens with zero attached hydrogens (tertiary/aromatic N) is 3. The molecule has 3 heterocycles. The summed E-state index contributed by atoms with van der Waals surface area (Å²) in [5.41, 5.74) is 4.34. The fourth-order valence-electron chi connectivity index (χ4n) is 2.27. The number of carbonyl (C=O) groups excluding carboxylic acids is 1. The highest BCUT2D eigenvalue weighted by atomic mass is 16.2. The molecule has 0 radical (unpaired) electrons. The molecule has 2 aromatic heterocycles. The Labute approximate surface area is 111 Å². The summed E-state index contributed by atoms with van der Waals surface area (Å²) in [6.07, 6.45) is 3.42. The average Bonchev–Trinajstić information content (AvgIpc) is 2.85. The molecule has 1 aliphatic rings. The number of pyridine rings is 1. The molecule has 1 amide bonds. The molecule has 2 N–H and O–H groups in total. The van der Waals surface area contributed by atoms with Crippen LogP contribution in [0.25, 0.3) is 11.0 Å². The standard InChI is InChI=1S/C13H17N5O/c1-17-5-7-18(8-6-17)16-13(19)11-9-15-12-10(11)3-2-4-14-12/h2-4,9H,5-8H2,1H3,(H,14,15)(H,16,19). The Balaban J connectivity index is 1.73. The molecule has 0 atom stereocenters. The van der Waals surface area contributed by atoms with Crippen LogP contribution in [0.15, 0.2) is 24.5 Å². The van der Waals surface area contributed by atoms with E-state index in [1.54, 1.807) is 12.4 Å². The maximum absolute atomic E-state index is 12.3. The predicted molar refractivity (Wildman–Crippen MR) is 72.6 cm³/mol. The van der Waals surface area contributed by atoms with Crippen LogP contribution in [0.1, 0.15) is 10.4 Å². The highest BCUT2D eigenvalue weighted by molar-refractivity contribution is 6.05. The molecule has 0 unspecified atom stereocenters. The van der Waals surface area contributed by atoms with Crippen LogP contribution in [0.5, 0.6) is 0 Å². The second kappa shape index (κ2) is 4.99. The van der Waals surface area contributed by atoms with E-state index in [9.17, 15) is 4.79 Å². The van der Waals surface area contributed by atoms with E-state index in [1.165, 1.54) is 0 Å². The van der Waals surface area contributed by atoms with Crippen molar-refractivity contribution in [2.45, 2.75) is 0 Å². The molecule has 0 spiro atoms. The van der Waals surface area contributed by atoms with E-state index < -0.39 is 0 Å². The molecule has 2 aromatic rings. The minimum atomic E-state index is -0.0798. The lowest BCUT2D eigenvalue weighted by Crippen LogP contribution is -2.52. The molecule has 6 heteroatoms. The van der Waals surface area contributed by atoms with Crippen LogP contribution in [-0.4, -0.2) is 59.0 Å². The van der Waals surface area contributed by atoms with Gasteiger partial charge in [0.25, 0.3) is 5.91 Å². The highest BCUT2D eigenvalue weighted by Crippen LogP contribution is 2.15. The molecular weight excluding hydrogens is 242 g/mol. The average molecular weight is 259 g/mol. The first-order chi connectivity index (χ1) is 9.24. The second-order valence-electron chi connectivity index (χ2n) is 4.83. The number of carbonyl (C=O) groups is 1. The van der Waals surface area contributed by atoms with Crippen molar-refractivity contribution in [2.24, 2.45) is 0 Å². The fourth-order valence-corrected chi connectivity index (χ4v) is 2.27. The number of nitrogens with one attached hydrogen (secondary N) is 2. The van der Waals surface area contributed by atoms with Crippen molar-refractivity contribution in [3.63, 3.8) is 0 Å². The number of fused-ring (bicyclic) bond motifs is 1. The Morgan fingerprint density at radius 3 is 2.95 bits per heavy atom. The monoisotopic (exact) mass is 259 g/mol. The topological polar surface area (TPSA) is 64.3 Å². The molecule has 6 nitrogen and oxygen atoms in total. The zero-order valence-electron chi connectivity index (χ0n) is 10.9. The summed E-state index contributed by atoms with van der Waals surface area (Å²) in [7, 11) is 2.09. The van der Waals surface area contributed by atoms with Crippen molar-refractivity contribution in [2.75, 3.05) is 33.2 Å². The quantitative estimate of drug-likeness (QED) is 0.822. The van der Waals surface area contributed by atoms with Gasteiger partial charge in [-0.15, -0.1) is 0 Å². The van der Waals surface area contributed by atoms with Gasteiger partial charge in [-0.3, -0.25) is 10.2 Å². The summed E-state index contributed by atoms with van der Waals surface area (Å²) >= 11 is 0. The number of aromatic nitrogens is 2. The van der Waals surface area contributed by atoms with Gasteiger partial charge in [0.2, 0.25) is 0 Å². The number of hydrogen-bond acceptors (Lipinski definition) is 4. The molecule has 3 rings (SSSR count). The van der Waals surface area contributed by atoms with E-state index in [0.717, 1.165) is 37.2 Å². The van der Waals surface area contributed by atoms with Gasteiger partial charge in [-0.05, 0) is 19.2 Å². The molecule has 0 aliphatic carbocycles. The van der Waals surface area contributed by atoms with E-state index in [0.29, 0.717) is 5.56 Å². The third-order valence-electron chi connectivity index (χ3n) is 3.46. The van der Waals surface area contributed by atoms with Crippen molar-refractivity contribution in [1.82, 2.24) is 25.3 Å². The smallest absolute Gasteiger partial charge is 0.267 e. The van der Waals surface area contributed by atoms with Gasteiger partial charge in [-0.1, -0.05) is 0 Å². The van der Waals surface area contributed by atoms with E-state index in [1.807, 2.05) is 17.1 Å². The number of hydrogen-bond donors (Lipinski definition) is 2. The van der Waals surface area contributed by atoms with Crippen molar-refractivity contribution < 1.29 is 4.79 Å². The number of piperazine rings is 1. The van der Waals surface area contributed by atoms with Crippen LogP contribution in [0.3, 0.4) is 0 Å².